The van der Waals surface area contributed by atoms with E-state index in [0.29, 0.717) is 24.2 Å². The van der Waals surface area contributed by atoms with Crippen LogP contribution in [0.4, 0.5) is 0 Å². The fourth-order valence-electron chi connectivity index (χ4n) is 2.66. The summed E-state index contributed by atoms with van der Waals surface area (Å²) >= 11 is 0. The highest BCUT2D eigenvalue weighted by molar-refractivity contribution is 5.62. The molecule has 4 rings (SSSR count). The van der Waals surface area contributed by atoms with Crippen LogP contribution in [0.1, 0.15) is 24.5 Å². The van der Waals surface area contributed by atoms with Crippen molar-refractivity contribution < 1.29 is 13.7 Å². The minimum absolute atomic E-state index is 0.499. The smallest absolute Gasteiger partial charge is 0.261 e. The number of rotatable bonds is 7. The fraction of sp³-hybridized carbons (Fsp3) is 0.368. The number of furan rings is 1. The first-order valence-corrected chi connectivity index (χ1v) is 8.50. The number of ether oxygens (including phenoxy) is 1. The molecule has 0 atom stereocenters. The molecule has 0 unspecified atom stereocenters. The maximum atomic E-state index is 5.70. The first-order chi connectivity index (χ1) is 12.2. The van der Waals surface area contributed by atoms with Crippen molar-refractivity contribution in [2.75, 3.05) is 27.2 Å². The Labute approximate surface area is 146 Å². The number of hydrogen-bond acceptors (Lipinski definition) is 6. The molecule has 2 aromatic heterocycles. The molecule has 0 bridgehead atoms. The molecule has 6 heteroatoms. The van der Waals surface area contributed by atoms with E-state index in [0.717, 1.165) is 42.0 Å². The van der Waals surface area contributed by atoms with Crippen molar-refractivity contribution in [3.63, 3.8) is 0 Å². The van der Waals surface area contributed by atoms with Crippen LogP contribution >= 0.6 is 0 Å². The van der Waals surface area contributed by atoms with Crippen LogP contribution in [0.2, 0.25) is 0 Å². The molecule has 6 nitrogen and oxygen atoms in total. The van der Waals surface area contributed by atoms with Gasteiger partial charge in [0.25, 0.3) is 5.89 Å². The third-order valence-corrected chi connectivity index (χ3v) is 4.22. The van der Waals surface area contributed by atoms with E-state index in [2.05, 4.69) is 15.0 Å². The quantitative estimate of drug-likeness (QED) is 0.652. The second-order valence-corrected chi connectivity index (χ2v) is 6.57. The number of benzene rings is 1. The van der Waals surface area contributed by atoms with E-state index in [1.807, 2.05) is 44.4 Å². The van der Waals surface area contributed by atoms with Crippen molar-refractivity contribution in [3.05, 3.63) is 42.4 Å². The predicted octanol–water partition coefficient (Wildman–Crippen LogP) is 3.81. The van der Waals surface area contributed by atoms with Crippen LogP contribution in [0, 0.1) is 0 Å². The highest BCUT2D eigenvalue weighted by Crippen LogP contribution is 2.44. The van der Waals surface area contributed by atoms with Crippen molar-refractivity contribution in [2.24, 2.45) is 0 Å². The van der Waals surface area contributed by atoms with Gasteiger partial charge < -0.3 is 18.6 Å². The average Bonchev–Trinajstić information content (AvgIpc) is 3.14. The summed E-state index contributed by atoms with van der Waals surface area (Å²) < 4.78 is 16.7. The molecule has 0 saturated heterocycles. The number of nitrogens with zero attached hydrogens (tertiary/aromatic N) is 3. The summed E-state index contributed by atoms with van der Waals surface area (Å²) in [6.07, 6.45) is 4.01. The largest absolute Gasteiger partial charge is 0.492 e. The van der Waals surface area contributed by atoms with Gasteiger partial charge in [-0.1, -0.05) is 5.16 Å². The molecule has 1 aliphatic carbocycles. The van der Waals surface area contributed by atoms with E-state index in [-0.39, 0.29) is 0 Å². The van der Waals surface area contributed by atoms with E-state index >= 15 is 0 Å². The third kappa shape index (κ3) is 3.58. The Morgan fingerprint density at radius 3 is 2.68 bits per heavy atom. The lowest BCUT2D eigenvalue weighted by molar-refractivity contribution is 0.261. The molecule has 0 N–H and O–H groups in total. The molecule has 3 aromatic rings. The molecule has 0 amide bonds. The third-order valence-electron chi connectivity index (χ3n) is 4.22. The topological polar surface area (TPSA) is 64.5 Å². The summed E-state index contributed by atoms with van der Waals surface area (Å²) in [6.45, 7) is 1.53. The maximum absolute atomic E-state index is 5.70. The lowest BCUT2D eigenvalue weighted by Crippen LogP contribution is -2.19. The number of aromatic nitrogens is 2. The molecule has 0 radical (unpaired) electrons. The van der Waals surface area contributed by atoms with Crippen molar-refractivity contribution >= 4 is 0 Å². The molecule has 130 valence electrons. The molecular weight excluding hydrogens is 318 g/mol. The van der Waals surface area contributed by atoms with Crippen molar-refractivity contribution in [1.29, 1.82) is 0 Å². The van der Waals surface area contributed by atoms with Gasteiger partial charge in [-0.3, -0.25) is 0 Å². The molecule has 1 saturated carbocycles. The molecule has 0 spiro atoms. The second kappa shape index (κ2) is 6.72. The normalized spacial score (nSPS) is 14.2. The lowest BCUT2D eigenvalue weighted by atomic mass is 10.2. The van der Waals surface area contributed by atoms with Gasteiger partial charge in [-0.05, 0) is 57.3 Å². The van der Waals surface area contributed by atoms with Gasteiger partial charge in [-0.15, -0.1) is 0 Å². The Kier molecular flexibility index (Phi) is 4.28. The monoisotopic (exact) mass is 339 g/mol. The summed E-state index contributed by atoms with van der Waals surface area (Å²) in [5.74, 6) is 3.37. The van der Waals surface area contributed by atoms with Gasteiger partial charge in [0.1, 0.15) is 18.1 Å². The average molecular weight is 339 g/mol. The number of likely N-dealkylation sites (N-methyl/N-ethyl adjacent to an activating group) is 1. The van der Waals surface area contributed by atoms with Crippen LogP contribution in [-0.2, 0) is 0 Å². The standard InChI is InChI=1S/C19H21N3O3/c1-22(2)10-12-23-15-7-5-14(6-8-15)18-20-19(25-21-18)16-9-11-24-17(16)13-3-4-13/h5-9,11,13H,3-4,10,12H2,1-2H3. The SMILES string of the molecule is CN(C)CCOc1ccc(-c2noc(-c3ccoc3C3CC3)n2)cc1. The van der Waals surface area contributed by atoms with Crippen molar-refractivity contribution in [2.45, 2.75) is 18.8 Å². The fourth-order valence-corrected chi connectivity index (χ4v) is 2.66. The van der Waals surface area contributed by atoms with Gasteiger partial charge in [-0.25, -0.2) is 0 Å². The predicted molar refractivity (Wildman–Crippen MR) is 93.5 cm³/mol. The van der Waals surface area contributed by atoms with E-state index in [1.165, 1.54) is 0 Å². The van der Waals surface area contributed by atoms with Crippen LogP contribution in [-0.4, -0.2) is 42.3 Å². The zero-order chi connectivity index (χ0) is 17.2. The molecule has 0 aliphatic heterocycles. The van der Waals surface area contributed by atoms with Crippen LogP contribution in [0.3, 0.4) is 0 Å². The molecule has 2 heterocycles. The summed E-state index contributed by atoms with van der Waals surface area (Å²) in [4.78, 5) is 6.61. The first-order valence-electron chi connectivity index (χ1n) is 8.50. The lowest BCUT2D eigenvalue weighted by Gasteiger charge is -2.10. The minimum Gasteiger partial charge on any atom is -0.492 e. The van der Waals surface area contributed by atoms with E-state index in [1.54, 1.807) is 6.26 Å². The molecule has 1 fully saturated rings. The van der Waals surface area contributed by atoms with Gasteiger partial charge in [0.05, 0.1) is 11.8 Å². The first kappa shape index (κ1) is 15.9. The van der Waals surface area contributed by atoms with Gasteiger partial charge in [0, 0.05) is 18.0 Å². The Balaban J connectivity index is 1.47. The summed E-state index contributed by atoms with van der Waals surface area (Å²) in [5, 5.41) is 4.10. The van der Waals surface area contributed by atoms with E-state index < -0.39 is 0 Å². The Morgan fingerprint density at radius 1 is 1.16 bits per heavy atom. The molecular formula is C19H21N3O3. The van der Waals surface area contributed by atoms with E-state index in [9.17, 15) is 0 Å². The Bertz CT molecular complexity index is 832. The minimum atomic E-state index is 0.499. The summed E-state index contributed by atoms with van der Waals surface area (Å²) in [5.41, 5.74) is 1.80. The van der Waals surface area contributed by atoms with Gasteiger partial charge >= 0.3 is 0 Å². The molecule has 25 heavy (non-hydrogen) atoms. The summed E-state index contributed by atoms with van der Waals surface area (Å²) in [7, 11) is 4.05. The second-order valence-electron chi connectivity index (χ2n) is 6.57. The van der Waals surface area contributed by atoms with Gasteiger partial charge in [-0.2, -0.15) is 4.98 Å². The highest BCUT2D eigenvalue weighted by Gasteiger charge is 2.31. The molecule has 1 aliphatic rings. The van der Waals surface area contributed by atoms with Gasteiger partial charge in [0.2, 0.25) is 5.82 Å². The Hall–Kier alpha value is -2.60. The zero-order valence-electron chi connectivity index (χ0n) is 14.4. The zero-order valence-corrected chi connectivity index (χ0v) is 14.4. The van der Waals surface area contributed by atoms with Crippen LogP contribution < -0.4 is 4.74 Å². The highest BCUT2D eigenvalue weighted by atomic mass is 16.5. The number of hydrogen-bond donors (Lipinski definition) is 0. The van der Waals surface area contributed by atoms with Crippen LogP contribution in [0.5, 0.6) is 5.75 Å². The van der Waals surface area contributed by atoms with Crippen LogP contribution in [0.25, 0.3) is 22.8 Å². The van der Waals surface area contributed by atoms with Crippen molar-refractivity contribution in [1.82, 2.24) is 15.0 Å². The van der Waals surface area contributed by atoms with Gasteiger partial charge in [0.15, 0.2) is 0 Å². The van der Waals surface area contributed by atoms with E-state index in [4.69, 9.17) is 13.7 Å². The summed E-state index contributed by atoms with van der Waals surface area (Å²) in [6, 6.07) is 9.63. The Morgan fingerprint density at radius 2 is 1.96 bits per heavy atom. The maximum Gasteiger partial charge on any atom is 0.261 e. The van der Waals surface area contributed by atoms with Crippen molar-refractivity contribution in [3.8, 4) is 28.6 Å². The van der Waals surface area contributed by atoms with Crippen LogP contribution in [0.15, 0.2) is 45.5 Å². The molecule has 1 aromatic carbocycles.